The first-order valence-electron chi connectivity index (χ1n) is 6.98. The van der Waals surface area contributed by atoms with Crippen LogP contribution in [0.1, 0.15) is 35.6 Å². The average molecular weight is 291 g/mol. The van der Waals surface area contributed by atoms with Crippen LogP contribution in [-0.2, 0) is 6.42 Å². The molecule has 0 aliphatic rings. The van der Waals surface area contributed by atoms with Gasteiger partial charge in [-0.1, -0.05) is 31.2 Å². The number of benzene rings is 2. The molecule has 0 bridgehead atoms. The number of nitrogens with two attached hydrogens (primary N) is 1. The van der Waals surface area contributed by atoms with Crippen LogP contribution in [0.25, 0.3) is 0 Å². The fraction of sp³-hybridized carbons (Fsp3) is 0.294. The highest BCUT2D eigenvalue weighted by Crippen LogP contribution is 2.32. The highest BCUT2D eigenvalue weighted by molar-refractivity contribution is 5.33. The van der Waals surface area contributed by atoms with Gasteiger partial charge in [0, 0.05) is 18.5 Å². The molecule has 2 aromatic carbocycles. The molecule has 2 nitrogen and oxygen atoms in total. The molecule has 0 radical (unpaired) electrons. The smallest absolute Gasteiger partial charge is 0.126 e. The van der Waals surface area contributed by atoms with E-state index in [-0.39, 0.29) is 6.54 Å². The number of rotatable bonds is 5. The first kappa shape index (κ1) is 15.6. The molecule has 2 rings (SSSR count). The highest BCUT2D eigenvalue weighted by Gasteiger charge is 2.24. The van der Waals surface area contributed by atoms with Crippen molar-refractivity contribution in [2.24, 2.45) is 5.73 Å². The highest BCUT2D eigenvalue weighted by atomic mass is 19.1. The first-order chi connectivity index (χ1) is 10.1. The Bertz CT molecular complexity index is 595. The van der Waals surface area contributed by atoms with Crippen molar-refractivity contribution in [2.45, 2.75) is 25.4 Å². The van der Waals surface area contributed by atoms with Crippen LogP contribution in [0.15, 0.2) is 42.5 Å². The Balaban J connectivity index is 2.40. The van der Waals surface area contributed by atoms with E-state index in [1.807, 2.05) is 31.2 Å². The third-order valence-corrected chi connectivity index (χ3v) is 3.70. The van der Waals surface area contributed by atoms with Gasteiger partial charge in [-0.15, -0.1) is 0 Å². The van der Waals surface area contributed by atoms with Crippen molar-refractivity contribution in [2.75, 3.05) is 6.54 Å². The monoisotopic (exact) mass is 291 g/mol. The summed E-state index contributed by atoms with van der Waals surface area (Å²) in [5.41, 5.74) is 7.85. The Hall–Kier alpha value is -1.78. The van der Waals surface area contributed by atoms with Gasteiger partial charge in [0.15, 0.2) is 0 Å². The molecule has 3 N–H and O–H groups in total. The van der Waals surface area contributed by atoms with Crippen molar-refractivity contribution < 1.29 is 13.9 Å². The molecule has 2 atom stereocenters. The summed E-state index contributed by atoms with van der Waals surface area (Å²) in [6.45, 7) is 2.09. The molecule has 0 saturated heterocycles. The topological polar surface area (TPSA) is 46.2 Å². The zero-order valence-electron chi connectivity index (χ0n) is 11.9. The van der Waals surface area contributed by atoms with Crippen LogP contribution in [0, 0.1) is 11.6 Å². The van der Waals surface area contributed by atoms with Crippen molar-refractivity contribution in [3.63, 3.8) is 0 Å². The zero-order valence-corrected chi connectivity index (χ0v) is 11.9. The van der Waals surface area contributed by atoms with E-state index >= 15 is 0 Å². The van der Waals surface area contributed by atoms with E-state index in [9.17, 15) is 13.9 Å². The van der Waals surface area contributed by atoms with E-state index in [2.05, 4.69) is 0 Å². The number of aryl methyl sites for hydroxylation is 1. The van der Waals surface area contributed by atoms with Gasteiger partial charge in [-0.25, -0.2) is 8.78 Å². The maximum Gasteiger partial charge on any atom is 0.126 e. The van der Waals surface area contributed by atoms with Crippen molar-refractivity contribution in [1.29, 1.82) is 0 Å². The number of halogens is 2. The van der Waals surface area contributed by atoms with Crippen LogP contribution in [0.5, 0.6) is 0 Å². The lowest BCUT2D eigenvalue weighted by atomic mass is 9.86. The summed E-state index contributed by atoms with van der Waals surface area (Å²) in [7, 11) is 0. The predicted molar refractivity (Wildman–Crippen MR) is 78.9 cm³/mol. The molecule has 2 aromatic rings. The molecular weight excluding hydrogens is 272 g/mol. The lowest BCUT2D eigenvalue weighted by molar-refractivity contribution is 0.146. The third kappa shape index (κ3) is 3.46. The lowest BCUT2D eigenvalue weighted by Crippen LogP contribution is -2.21. The van der Waals surface area contributed by atoms with E-state index < -0.39 is 23.7 Å². The molecule has 2 unspecified atom stereocenters. The predicted octanol–water partition coefficient (Wildman–Crippen LogP) is 3.30. The minimum atomic E-state index is -0.896. The number of hydrogen-bond acceptors (Lipinski definition) is 2. The SMILES string of the molecule is CCc1ccccc1C(O)C(CN)c1cc(F)cc(F)c1. The van der Waals surface area contributed by atoms with Crippen LogP contribution >= 0.6 is 0 Å². The molecule has 0 amide bonds. The third-order valence-electron chi connectivity index (χ3n) is 3.70. The number of aliphatic hydroxyl groups is 1. The summed E-state index contributed by atoms with van der Waals surface area (Å²) in [6.07, 6.45) is -0.130. The normalized spacial score (nSPS) is 14.0. The van der Waals surface area contributed by atoms with E-state index in [4.69, 9.17) is 5.73 Å². The van der Waals surface area contributed by atoms with Crippen molar-refractivity contribution in [3.05, 3.63) is 70.8 Å². The van der Waals surface area contributed by atoms with Gasteiger partial charge in [-0.3, -0.25) is 0 Å². The fourth-order valence-corrected chi connectivity index (χ4v) is 2.60. The minimum absolute atomic E-state index is 0.0993. The van der Waals surface area contributed by atoms with E-state index in [1.54, 1.807) is 0 Å². The van der Waals surface area contributed by atoms with Gasteiger partial charge >= 0.3 is 0 Å². The van der Waals surface area contributed by atoms with Crippen LogP contribution < -0.4 is 5.73 Å². The summed E-state index contributed by atoms with van der Waals surface area (Å²) in [5, 5.41) is 10.6. The van der Waals surface area contributed by atoms with Gasteiger partial charge in [-0.2, -0.15) is 0 Å². The Morgan fingerprint density at radius 3 is 2.29 bits per heavy atom. The molecule has 0 fully saturated rings. The van der Waals surface area contributed by atoms with Gasteiger partial charge in [0.05, 0.1) is 6.10 Å². The van der Waals surface area contributed by atoms with Crippen molar-refractivity contribution >= 4 is 0 Å². The molecule has 21 heavy (non-hydrogen) atoms. The summed E-state index contributed by atoms with van der Waals surface area (Å²) in [4.78, 5) is 0. The summed E-state index contributed by atoms with van der Waals surface area (Å²) < 4.78 is 26.7. The maximum absolute atomic E-state index is 13.4. The second-order valence-corrected chi connectivity index (χ2v) is 5.04. The van der Waals surface area contributed by atoms with Crippen LogP contribution in [0.3, 0.4) is 0 Å². The standard InChI is InChI=1S/C17H19F2NO/c1-2-11-5-3-4-6-15(11)17(21)16(10-20)12-7-13(18)9-14(19)8-12/h3-9,16-17,21H,2,10,20H2,1H3. The maximum atomic E-state index is 13.4. The van der Waals surface area contributed by atoms with Gasteiger partial charge in [0.1, 0.15) is 11.6 Å². The van der Waals surface area contributed by atoms with Crippen molar-refractivity contribution in [1.82, 2.24) is 0 Å². The Labute approximate surface area is 123 Å². The Kier molecular flexibility index (Phi) is 5.04. The molecule has 0 spiro atoms. The van der Waals surface area contributed by atoms with Gasteiger partial charge in [0.25, 0.3) is 0 Å². The second-order valence-electron chi connectivity index (χ2n) is 5.04. The Morgan fingerprint density at radius 2 is 1.71 bits per heavy atom. The van der Waals surface area contributed by atoms with Crippen molar-refractivity contribution in [3.8, 4) is 0 Å². The first-order valence-corrected chi connectivity index (χ1v) is 6.98. The lowest BCUT2D eigenvalue weighted by Gasteiger charge is -2.24. The molecule has 0 aliphatic heterocycles. The van der Waals surface area contributed by atoms with Gasteiger partial charge in [-0.05, 0) is 35.2 Å². The second kappa shape index (κ2) is 6.78. The Morgan fingerprint density at radius 1 is 1.10 bits per heavy atom. The number of aliphatic hydroxyl groups excluding tert-OH is 1. The molecule has 4 heteroatoms. The van der Waals surface area contributed by atoms with E-state index in [0.29, 0.717) is 5.56 Å². The summed E-state index contributed by atoms with van der Waals surface area (Å²) in [5.74, 6) is -1.89. The summed E-state index contributed by atoms with van der Waals surface area (Å²) >= 11 is 0. The van der Waals surface area contributed by atoms with Gasteiger partial charge in [0.2, 0.25) is 0 Å². The minimum Gasteiger partial charge on any atom is -0.388 e. The average Bonchev–Trinajstić information content (AvgIpc) is 2.46. The molecule has 112 valence electrons. The van der Waals surface area contributed by atoms with Crippen LogP contribution in [-0.4, -0.2) is 11.7 Å². The van der Waals surface area contributed by atoms with Crippen LogP contribution in [0.2, 0.25) is 0 Å². The molecule has 0 aromatic heterocycles. The summed E-state index contributed by atoms with van der Waals surface area (Å²) in [6, 6.07) is 10.7. The van der Waals surface area contributed by atoms with E-state index in [0.717, 1.165) is 23.6 Å². The number of hydrogen-bond donors (Lipinski definition) is 2. The molecule has 0 saturated carbocycles. The van der Waals surface area contributed by atoms with Gasteiger partial charge < -0.3 is 10.8 Å². The molecule has 0 aliphatic carbocycles. The molecule has 0 heterocycles. The van der Waals surface area contributed by atoms with E-state index in [1.165, 1.54) is 12.1 Å². The van der Waals surface area contributed by atoms with Crippen LogP contribution in [0.4, 0.5) is 8.78 Å². The largest absolute Gasteiger partial charge is 0.388 e. The zero-order chi connectivity index (χ0) is 15.4. The fourth-order valence-electron chi connectivity index (χ4n) is 2.60. The molecular formula is C17H19F2NO. The quantitative estimate of drug-likeness (QED) is 0.888.